The number of carboxylic acids is 1. The Hall–Kier alpha value is -0.920. The first-order chi connectivity index (χ1) is 9.88. The smallest absolute Gasteiger partial charge is 0.338 e. The first-order valence-corrected chi connectivity index (χ1v) is 8.16. The van der Waals surface area contributed by atoms with Crippen molar-refractivity contribution in [2.24, 2.45) is 0 Å². The summed E-state index contributed by atoms with van der Waals surface area (Å²) in [4.78, 5) is 10.8. The molecule has 0 radical (unpaired) electrons. The minimum atomic E-state index is -1.27. The SMILES string of the molecule is O=C(O)c1ccc(CNc2c(Br)cc(Br)cc2Br)cc1F. The molecule has 0 aliphatic rings. The monoisotopic (exact) mass is 479 g/mol. The number of hydrogen-bond donors (Lipinski definition) is 2. The number of rotatable bonds is 4. The van der Waals surface area contributed by atoms with Gasteiger partial charge in [0.15, 0.2) is 0 Å². The summed E-state index contributed by atoms with van der Waals surface area (Å²) in [7, 11) is 0. The Morgan fingerprint density at radius 1 is 1.14 bits per heavy atom. The van der Waals surface area contributed by atoms with Gasteiger partial charge in [-0.15, -0.1) is 0 Å². The van der Waals surface area contributed by atoms with Crippen LogP contribution in [0.2, 0.25) is 0 Å². The lowest BCUT2D eigenvalue weighted by Gasteiger charge is -2.12. The van der Waals surface area contributed by atoms with Gasteiger partial charge in [0.1, 0.15) is 5.82 Å². The van der Waals surface area contributed by atoms with Gasteiger partial charge in [-0.25, -0.2) is 9.18 Å². The van der Waals surface area contributed by atoms with Crippen LogP contribution in [0.3, 0.4) is 0 Å². The largest absolute Gasteiger partial charge is 0.478 e. The van der Waals surface area contributed by atoms with Gasteiger partial charge in [0.2, 0.25) is 0 Å². The Labute approximate surface area is 145 Å². The summed E-state index contributed by atoms with van der Waals surface area (Å²) in [5.41, 5.74) is 1.16. The number of nitrogens with one attached hydrogen (secondary N) is 1. The van der Waals surface area contributed by atoms with Gasteiger partial charge in [0.05, 0.1) is 11.3 Å². The van der Waals surface area contributed by atoms with Crippen LogP contribution in [0.15, 0.2) is 43.7 Å². The molecule has 0 heterocycles. The van der Waals surface area contributed by atoms with Crippen molar-refractivity contribution in [2.45, 2.75) is 6.54 Å². The average molecular weight is 482 g/mol. The van der Waals surface area contributed by atoms with Crippen molar-refractivity contribution < 1.29 is 14.3 Å². The molecule has 7 heteroatoms. The Balaban J connectivity index is 2.17. The van der Waals surface area contributed by atoms with Crippen molar-refractivity contribution in [1.82, 2.24) is 0 Å². The van der Waals surface area contributed by atoms with Crippen molar-refractivity contribution in [3.8, 4) is 0 Å². The molecule has 2 aromatic carbocycles. The highest BCUT2D eigenvalue weighted by atomic mass is 79.9. The third kappa shape index (κ3) is 4.05. The number of carboxylic acid groups (broad SMARTS) is 1. The van der Waals surface area contributed by atoms with Crippen molar-refractivity contribution in [3.05, 3.63) is 60.7 Å². The normalized spacial score (nSPS) is 10.5. The fourth-order valence-electron chi connectivity index (χ4n) is 1.74. The molecule has 0 aromatic heterocycles. The summed E-state index contributed by atoms with van der Waals surface area (Å²) in [6, 6.07) is 7.85. The molecule has 3 nitrogen and oxygen atoms in total. The number of halogens is 4. The van der Waals surface area contributed by atoms with Crippen molar-refractivity contribution in [1.29, 1.82) is 0 Å². The zero-order valence-electron chi connectivity index (χ0n) is 10.5. The molecule has 21 heavy (non-hydrogen) atoms. The van der Waals surface area contributed by atoms with E-state index in [-0.39, 0.29) is 5.56 Å². The van der Waals surface area contributed by atoms with E-state index in [1.807, 2.05) is 12.1 Å². The fourth-order valence-corrected chi connectivity index (χ4v) is 4.28. The summed E-state index contributed by atoms with van der Waals surface area (Å²) in [6.45, 7) is 0.371. The van der Waals surface area contributed by atoms with E-state index in [0.29, 0.717) is 12.1 Å². The van der Waals surface area contributed by atoms with Gasteiger partial charge in [0, 0.05) is 20.0 Å². The summed E-state index contributed by atoms with van der Waals surface area (Å²) in [6.07, 6.45) is 0. The lowest BCUT2D eigenvalue weighted by molar-refractivity contribution is 0.0692. The molecule has 0 unspecified atom stereocenters. The lowest BCUT2D eigenvalue weighted by atomic mass is 10.1. The summed E-state index contributed by atoms with van der Waals surface area (Å²) in [5, 5.41) is 12.0. The molecular formula is C14H9Br3FNO2. The van der Waals surface area contributed by atoms with Gasteiger partial charge < -0.3 is 10.4 Å². The van der Waals surface area contributed by atoms with E-state index in [9.17, 15) is 9.18 Å². The van der Waals surface area contributed by atoms with Crippen LogP contribution >= 0.6 is 47.8 Å². The second kappa shape index (κ2) is 6.89. The van der Waals surface area contributed by atoms with E-state index in [1.54, 1.807) is 6.07 Å². The molecule has 0 saturated carbocycles. The van der Waals surface area contributed by atoms with E-state index in [1.165, 1.54) is 12.1 Å². The van der Waals surface area contributed by atoms with E-state index < -0.39 is 11.8 Å². The van der Waals surface area contributed by atoms with Crippen LogP contribution < -0.4 is 5.32 Å². The van der Waals surface area contributed by atoms with E-state index in [4.69, 9.17) is 5.11 Å². The lowest BCUT2D eigenvalue weighted by Crippen LogP contribution is -2.05. The summed E-state index contributed by atoms with van der Waals surface area (Å²) >= 11 is 10.3. The predicted octanol–water partition coefficient (Wildman–Crippen LogP) is 5.42. The van der Waals surface area contributed by atoms with Crippen LogP contribution in [0.1, 0.15) is 15.9 Å². The Bertz CT molecular complexity index is 684. The average Bonchev–Trinajstić information content (AvgIpc) is 2.36. The summed E-state index contributed by atoms with van der Waals surface area (Å²) < 4.78 is 16.2. The van der Waals surface area contributed by atoms with Gasteiger partial charge in [0.25, 0.3) is 0 Å². The van der Waals surface area contributed by atoms with Gasteiger partial charge in [-0.3, -0.25) is 0 Å². The number of anilines is 1. The molecule has 0 saturated heterocycles. The highest BCUT2D eigenvalue weighted by Gasteiger charge is 2.11. The van der Waals surface area contributed by atoms with Crippen LogP contribution in [0.5, 0.6) is 0 Å². The zero-order chi connectivity index (χ0) is 15.6. The van der Waals surface area contributed by atoms with Crippen molar-refractivity contribution in [3.63, 3.8) is 0 Å². The molecule has 0 amide bonds. The Kier molecular flexibility index (Phi) is 5.40. The van der Waals surface area contributed by atoms with E-state index >= 15 is 0 Å². The third-order valence-corrected chi connectivity index (χ3v) is 4.45. The molecule has 0 aliphatic heterocycles. The van der Waals surface area contributed by atoms with Gasteiger partial charge in [-0.2, -0.15) is 0 Å². The Morgan fingerprint density at radius 3 is 2.29 bits per heavy atom. The highest BCUT2D eigenvalue weighted by molar-refractivity contribution is 9.11. The molecule has 0 spiro atoms. The molecule has 0 aliphatic carbocycles. The maximum Gasteiger partial charge on any atom is 0.338 e. The summed E-state index contributed by atoms with van der Waals surface area (Å²) in [5.74, 6) is -2.01. The molecule has 2 rings (SSSR count). The molecular weight excluding hydrogens is 473 g/mol. The fraction of sp³-hybridized carbons (Fsp3) is 0.0714. The highest BCUT2D eigenvalue weighted by Crippen LogP contribution is 2.34. The second-order valence-electron chi connectivity index (χ2n) is 4.22. The van der Waals surface area contributed by atoms with Crippen LogP contribution in [-0.4, -0.2) is 11.1 Å². The minimum Gasteiger partial charge on any atom is -0.478 e. The Morgan fingerprint density at radius 2 is 1.76 bits per heavy atom. The van der Waals surface area contributed by atoms with Crippen LogP contribution in [0.4, 0.5) is 10.1 Å². The number of hydrogen-bond acceptors (Lipinski definition) is 2. The van der Waals surface area contributed by atoms with Crippen molar-refractivity contribution >= 4 is 59.4 Å². The van der Waals surface area contributed by atoms with E-state index in [0.717, 1.165) is 19.1 Å². The van der Waals surface area contributed by atoms with Crippen molar-refractivity contribution in [2.75, 3.05) is 5.32 Å². The molecule has 2 N–H and O–H groups in total. The number of benzene rings is 2. The molecule has 0 fully saturated rings. The quantitative estimate of drug-likeness (QED) is 0.612. The zero-order valence-corrected chi connectivity index (χ0v) is 15.2. The molecule has 110 valence electrons. The van der Waals surface area contributed by atoms with Gasteiger partial charge in [-0.05, 0) is 61.7 Å². The number of carbonyl (C=O) groups is 1. The van der Waals surface area contributed by atoms with Gasteiger partial charge >= 0.3 is 5.97 Å². The standard InChI is InChI=1S/C14H9Br3FNO2/c15-8-4-10(16)13(11(17)5-8)19-6-7-1-2-9(14(20)21)12(18)3-7/h1-5,19H,6H2,(H,20,21). The van der Waals surface area contributed by atoms with Crippen LogP contribution in [0, 0.1) is 5.82 Å². The predicted molar refractivity (Wildman–Crippen MR) is 90.2 cm³/mol. The first-order valence-electron chi connectivity index (χ1n) is 5.78. The third-order valence-electron chi connectivity index (χ3n) is 2.74. The molecule has 2 aromatic rings. The van der Waals surface area contributed by atoms with E-state index in [2.05, 4.69) is 53.1 Å². The number of aromatic carboxylic acids is 1. The topological polar surface area (TPSA) is 49.3 Å². The second-order valence-corrected chi connectivity index (χ2v) is 6.84. The van der Waals surface area contributed by atoms with Crippen LogP contribution in [-0.2, 0) is 6.54 Å². The van der Waals surface area contributed by atoms with Crippen LogP contribution in [0.25, 0.3) is 0 Å². The minimum absolute atomic E-state index is 0.329. The molecule has 0 atom stereocenters. The maximum absolute atomic E-state index is 13.6. The molecule has 0 bridgehead atoms. The first kappa shape index (κ1) is 16.5. The maximum atomic E-state index is 13.6. The van der Waals surface area contributed by atoms with Gasteiger partial charge in [-0.1, -0.05) is 22.0 Å².